The van der Waals surface area contributed by atoms with Gasteiger partial charge < -0.3 is 5.32 Å². The highest BCUT2D eigenvalue weighted by Crippen LogP contribution is 2.32. The molecule has 1 heterocycles. The van der Waals surface area contributed by atoms with Crippen LogP contribution in [0.1, 0.15) is 29.9 Å². The molecule has 1 unspecified atom stereocenters. The van der Waals surface area contributed by atoms with Gasteiger partial charge in [-0.1, -0.05) is 54.1 Å². The summed E-state index contributed by atoms with van der Waals surface area (Å²) in [6.07, 6.45) is 2.67. The molecule has 23 heavy (non-hydrogen) atoms. The summed E-state index contributed by atoms with van der Waals surface area (Å²) in [6.45, 7) is 3.27. The van der Waals surface area contributed by atoms with E-state index in [1.807, 2.05) is 12.1 Å². The maximum Gasteiger partial charge on any atom is 0.0406 e. The van der Waals surface area contributed by atoms with Crippen molar-refractivity contribution in [2.45, 2.75) is 37.4 Å². The Balaban J connectivity index is 1.50. The van der Waals surface area contributed by atoms with Crippen molar-refractivity contribution in [1.29, 1.82) is 0 Å². The minimum Gasteiger partial charge on any atom is -0.309 e. The molecule has 2 aromatic carbocycles. The third kappa shape index (κ3) is 3.77. The van der Waals surface area contributed by atoms with E-state index in [1.54, 1.807) is 0 Å². The first-order valence-corrected chi connectivity index (χ1v) is 8.93. The van der Waals surface area contributed by atoms with Gasteiger partial charge in [0, 0.05) is 42.7 Å². The van der Waals surface area contributed by atoms with Crippen LogP contribution in [-0.4, -0.2) is 30.1 Å². The molecular formula is C20H23ClN2. The number of nitrogens with zero attached hydrogens (tertiary/aromatic N) is 1. The van der Waals surface area contributed by atoms with Crippen molar-refractivity contribution in [1.82, 2.24) is 10.2 Å². The lowest BCUT2D eigenvalue weighted by Crippen LogP contribution is -2.36. The maximum absolute atomic E-state index is 6.06. The van der Waals surface area contributed by atoms with Crippen LogP contribution < -0.4 is 5.32 Å². The molecule has 1 saturated heterocycles. The van der Waals surface area contributed by atoms with Gasteiger partial charge in [-0.3, -0.25) is 4.90 Å². The van der Waals surface area contributed by atoms with E-state index in [1.165, 1.54) is 24.0 Å². The van der Waals surface area contributed by atoms with Gasteiger partial charge in [-0.2, -0.15) is 0 Å². The minimum absolute atomic E-state index is 0.549. The second kappa shape index (κ2) is 6.64. The van der Waals surface area contributed by atoms with E-state index in [2.05, 4.69) is 52.7 Å². The number of rotatable bonds is 5. The van der Waals surface area contributed by atoms with Crippen LogP contribution in [0.4, 0.5) is 0 Å². The summed E-state index contributed by atoms with van der Waals surface area (Å²) >= 11 is 6.06. The molecule has 4 rings (SSSR count). The van der Waals surface area contributed by atoms with Crippen LogP contribution in [0.15, 0.2) is 54.6 Å². The molecule has 120 valence electrons. The molecule has 1 N–H and O–H groups in total. The van der Waals surface area contributed by atoms with Crippen LogP contribution in [0.5, 0.6) is 0 Å². The van der Waals surface area contributed by atoms with Crippen molar-refractivity contribution < 1.29 is 0 Å². The van der Waals surface area contributed by atoms with E-state index >= 15 is 0 Å². The molecule has 2 fully saturated rings. The number of nitrogens with one attached hydrogen (secondary N) is 1. The topological polar surface area (TPSA) is 15.3 Å². The van der Waals surface area contributed by atoms with Crippen LogP contribution in [0.25, 0.3) is 0 Å². The predicted molar refractivity (Wildman–Crippen MR) is 95.9 cm³/mol. The molecule has 0 amide bonds. The van der Waals surface area contributed by atoms with Gasteiger partial charge in [-0.05, 0) is 36.1 Å². The van der Waals surface area contributed by atoms with Gasteiger partial charge in [0.25, 0.3) is 0 Å². The molecular weight excluding hydrogens is 304 g/mol. The molecule has 0 aromatic heterocycles. The van der Waals surface area contributed by atoms with Gasteiger partial charge in [0.15, 0.2) is 0 Å². The van der Waals surface area contributed by atoms with Gasteiger partial charge >= 0.3 is 0 Å². The normalized spacial score (nSPS) is 24.9. The summed E-state index contributed by atoms with van der Waals surface area (Å²) < 4.78 is 0. The molecule has 0 radical (unpaired) electrons. The van der Waals surface area contributed by atoms with Gasteiger partial charge in [-0.15, -0.1) is 0 Å². The fraction of sp³-hybridized carbons (Fsp3) is 0.400. The number of likely N-dealkylation sites (tertiary alicyclic amines) is 1. The second-order valence-electron chi connectivity index (χ2n) is 6.89. The molecule has 3 heteroatoms. The summed E-state index contributed by atoms with van der Waals surface area (Å²) in [7, 11) is 0. The smallest absolute Gasteiger partial charge is 0.0406 e. The van der Waals surface area contributed by atoms with Crippen molar-refractivity contribution >= 4 is 11.6 Å². The standard InChI is InChI=1S/C20H23ClN2/c21-17-8-6-16(7-9-17)19-13-23(12-15-4-2-1-3-5-15)14-20(19)22-18-10-11-18/h1-9,18-20,22H,10-14H2/t19?,20-/m1/s1. The number of hydrogen-bond acceptors (Lipinski definition) is 2. The Morgan fingerprint density at radius 1 is 0.957 bits per heavy atom. The van der Waals surface area contributed by atoms with E-state index in [0.29, 0.717) is 12.0 Å². The summed E-state index contributed by atoms with van der Waals surface area (Å²) in [4.78, 5) is 2.58. The number of hydrogen-bond donors (Lipinski definition) is 1. The Kier molecular flexibility index (Phi) is 4.39. The molecule has 0 spiro atoms. The Hall–Kier alpha value is -1.35. The molecule has 1 aliphatic heterocycles. The van der Waals surface area contributed by atoms with E-state index in [0.717, 1.165) is 30.7 Å². The van der Waals surface area contributed by atoms with E-state index in [9.17, 15) is 0 Å². The highest BCUT2D eigenvalue weighted by molar-refractivity contribution is 6.30. The summed E-state index contributed by atoms with van der Waals surface area (Å²) in [5.74, 6) is 0.552. The predicted octanol–water partition coefficient (Wildman–Crippen LogP) is 4.06. The van der Waals surface area contributed by atoms with Crippen molar-refractivity contribution in [2.24, 2.45) is 0 Å². The van der Waals surface area contributed by atoms with Crippen molar-refractivity contribution in [3.63, 3.8) is 0 Å². The van der Waals surface area contributed by atoms with Crippen molar-refractivity contribution in [3.05, 3.63) is 70.7 Å². The Labute approximate surface area is 143 Å². The summed E-state index contributed by atoms with van der Waals surface area (Å²) in [5.41, 5.74) is 2.80. The molecule has 0 bridgehead atoms. The summed E-state index contributed by atoms with van der Waals surface area (Å²) in [5, 5.41) is 4.68. The first-order chi connectivity index (χ1) is 11.3. The van der Waals surface area contributed by atoms with E-state index < -0.39 is 0 Å². The summed E-state index contributed by atoms with van der Waals surface area (Å²) in [6, 6.07) is 20.5. The van der Waals surface area contributed by atoms with E-state index in [4.69, 9.17) is 11.6 Å². The zero-order chi connectivity index (χ0) is 15.6. The van der Waals surface area contributed by atoms with Gasteiger partial charge in [0.05, 0.1) is 0 Å². The lowest BCUT2D eigenvalue weighted by molar-refractivity contribution is 0.318. The molecule has 2 nitrogen and oxygen atoms in total. The monoisotopic (exact) mass is 326 g/mol. The molecule has 1 aliphatic carbocycles. The second-order valence-corrected chi connectivity index (χ2v) is 7.32. The highest BCUT2D eigenvalue weighted by Gasteiger charge is 2.36. The lowest BCUT2D eigenvalue weighted by Gasteiger charge is -2.20. The Bertz CT molecular complexity index is 636. The van der Waals surface area contributed by atoms with Crippen molar-refractivity contribution in [3.8, 4) is 0 Å². The highest BCUT2D eigenvalue weighted by atomic mass is 35.5. The first-order valence-electron chi connectivity index (χ1n) is 8.56. The molecule has 1 saturated carbocycles. The van der Waals surface area contributed by atoms with Crippen LogP contribution in [-0.2, 0) is 6.54 Å². The number of halogens is 1. The first kappa shape index (κ1) is 15.2. The van der Waals surface area contributed by atoms with Crippen LogP contribution in [0.3, 0.4) is 0 Å². The SMILES string of the molecule is Clc1ccc(C2CN(Cc3ccccc3)C[C@H]2NC2CC2)cc1. The van der Waals surface area contributed by atoms with Gasteiger partial charge in [0.2, 0.25) is 0 Å². The third-order valence-corrected chi connectivity index (χ3v) is 5.22. The van der Waals surface area contributed by atoms with Crippen LogP contribution in [0.2, 0.25) is 5.02 Å². The fourth-order valence-electron chi connectivity index (χ4n) is 3.63. The average molecular weight is 327 g/mol. The van der Waals surface area contributed by atoms with Gasteiger partial charge in [-0.25, -0.2) is 0 Å². The maximum atomic E-state index is 6.06. The Morgan fingerprint density at radius 2 is 1.70 bits per heavy atom. The average Bonchev–Trinajstić information content (AvgIpc) is 3.29. The zero-order valence-corrected chi connectivity index (χ0v) is 14.0. The van der Waals surface area contributed by atoms with Gasteiger partial charge in [0.1, 0.15) is 0 Å². The fourth-order valence-corrected chi connectivity index (χ4v) is 3.75. The van der Waals surface area contributed by atoms with E-state index in [-0.39, 0.29) is 0 Å². The number of benzene rings is 2. The quantitative estimate of drug-likeness (QED) is 0.891. The van der Waals surface area contributed by atoms with Crippen LogP contribution >= 0.6 is 11.6 Å². The minimum atomic E-state index is 0.549. The Morgan fingerprint density at radius 3 is 2.39 bits per heavy atom. The lowest BCUT2D eigenvalue weighted by atomic mass is 9.94. The third-order valence-electron chi connectivity index (χ3n) is 4.97. The van der Waals surface area contributed by atoms with Crippen molar-refractivity contribution in [2.75, 3.05) is 13.1 Å². The largest absolute Gasteiger partial charge is 0.309 e. The molecule has 2 aliphatic rings. The molecule has 2 aromatic rings. The molecule has 2 atom stereocenters. The zero-order valence-electron chi connectivity index (χ0n) is 13.3. The van der Waals surface area contributed by atoms with Crippen LogP contribution in [0, 0.1) is 0 Å².